The highest BCUT2D eigenvalue weighted by Crippen LogP contribution is 2.27. The van der Waals surface area contributed by atoms with Crippen molar-refractivity contribution in [3.05, 3.63) is 0 Å². The number of hydrogen-bond acceptors (Lipinski definition) is 4. The SMILES string of the molecule is CC(C)S(=O)(=O)NC[C@@H]1CCCN([C@@H]2CCCC[C@H]2O)C1. The average Bonchev–Trinajstić information content (AvgIpc) is 2.46. The van der Waals surface area contributed by atoms with Crippen LogP contribution in [0.5, 0.6) is 0 Å². The van der Waals surface area contributed by atoms with Crippen molar-refractivity contribution in [2.24, 2.45) is 5.92 Å². The fourth-order valence-corrected chi connectivity index (χ4v) is 4.28. The van der Waals surface area contributed by atoms with Gasteiger partial charge in [-0.2, -0.15) is 0 Å². The molecule has 1 aliphatic carbocycles. The van der Waals surface area contributed by atoms with E-state index >= 15 is 0 Å². The standard InChI is InChI=1S/C15H30N2O3S/c1-12(2)21(19,20)16-10-13-6-5-9-17(11-13)14-7-3-4-8-15(14)18/h12-16,18H,3-11H2,1-2H3/t13-,14+,15+/m0/s1. The summed E-state index contributed by atoms with van der Waals surface area (Å²) in [5.74, 6) is 0.362. The molecule has 0 amide bonds. The minimum absolute atomic E-state index is 0.204. The van der Waals surface area contributed by atoms with Gasteiger partial charge in [0.05, 0.1) is 11.4 Å². The molecule has 5 nitrogen and oxygen atoms in total. The van der Waals surface area contributed by atoms with Gasteiger partial charge >= 0.3 is 0 Å². The molecule has 2 fully saturated rings. The molecule has 0 bridgehead atoms. The highest BCUT2D eigenvalue weighted by Gasteiger charge is 2.32. The monoisotopic (exact) mass is 318 g/mol. The molecule has 6 heteroatoms. The quantitative estimate of drug-likeness (QED) is 0.802. The second kappa shape index (κ2) is 7.40. The van der Waals surface area contributed by atoms with Gasteiger partial charge in [-0.25, -0.2) is 13.1 Å². The first-order valence-corrected chi connectivity index (χ1v) is 9.85. The molecule has 0 spiro atoms. The summed E-state index contributed by atoms with van der Waals surface area (Å²) in [5, 5.41) is 9.81. The number of hydrogen-bond donors (Lipinski definition) is 2. The molecule has 0 aromatic heterocycles. The van der Waals surface area contributed by atoms with Crippen LogP contribution < -0.4 is 4.72 Å². The van der Waals surface area contributed by atoms with Gasteiger partial charge in [-0.1, -0.05) is 12.8 Å². The Morgan fingerprint density at radius 2 is 1.90 bits per heavy atom. The Hall–Kier alpha value is -0.170. The van der Waals surface area contributed by atoms with E-state index in [2.05, 4.69) is 9.62 Å². The second-order valence-corrected chi connectivity index (χ2v) is 9.19. The van der Waals surface area contributed by atoms with E-state index in [1.54, 1.807) is 13.8 Å². The zero-order chi connectivity index (χ0) is 15.5. The Bertz CT molecular complexity index is 425. The van der Waals surface area contributed by atoms with Crippen LogP contribution in [0.2, 0.25) is 0 Å². The van der Waals surface area contributed by atoms with E-state index in [0.717, 1.165) is 45.2 Å². The second-order valence-electron chi connectivity index (χ2n) is 6.86. The third kappa shape index (κ3) is 4.65. The number of aliphatic hydroxyl groups excluding tert-OH is 1. The van der Waals surface area contributed by atoms with Gasteiger partial charge in [0.25, 0.3) is 0 Å². The average molecular weight is 318 g/mol. The lowest BCUT2D eigenvalue weighted by atomic mass is 9.88. The first-order valence-electron chi connectivity index (χ1n) is 8.30. The Labute approximate surface area is 129 Å². The summed E-state index contributed by atoms with van der Waals surface area (Å²) in [7, 11) is -3.17. The van der Waals surface area contributed by atoms with E-state index in [0.29, 0.717) is 12.5 Å². The van der Waals surface area contributed by atoms with E-state index in [4.69, 9.17) is 0 Å². The molecule has 0 unspecified atom stereocenters. The smallest absolute Gasteiger partial charge is 0.213 e. The van der Waals surface area contributed by atoms with Gasteiger partial charge in [-0.15, -0.1) is 0 Å². The molecular weight excluding hydrogens is 288 g/mol. The van der Waals surface area contributed by atoms with E-state index in [-0.39, 0.29) is 17.4 Å². The van der Waals surface area contributed by atoms with Gasteiger partial charge in [0.15, 0.2) is 0 Å². The lowest BCUT2D eigenvalue weighted by Crippen LogP contribution is -2.51. The van der Waals surface area contributed by atoms with Crippen molar-refractivity contribution in [3.8, 4) is 0 Å². The topological polar surface area (TPSA) is 69.6 Å². The van der Waals surface area contributed by atoms with Crippen LogP contribution in [0.25, 0.3) is 0 Å². The number of aliphatic hydroxyl groups is 1. The van der Waals surface area contributed by atoms with Crippen molar-refractivity contribution >= 4 is 10.0 Å². The van der Waals surface area contributed by atoms with Crippen LogP contribution in [0, 0.1) is 5.92 Å². The first-order chi connectivity index (χ1) is 9.90. The molecular formula is C15H30N2O3S. The van der Waals surface area contributed by atoms with E-state index in [1.807, 2.05) is 0 Å². The van der Waals surface area contributed by atoms with Gasteiger partial charge < -0.3 is 5.11 Å². The normalized spacial score (nSPS) is 32.5. The largest absolute Gasteiger partial charge is 0.391 e. The lowest BCUT2D eigenvalue weighted by molar-refractivity contribution is 0.000809. The maximum absolute atomic E-state index is 11.8. The summed E-state index contributed by atoms with van der Waals surface area (Å²) < 4.78 is 26.4. The van der Waals surface area contributed by atoms with Gasteiger partial charge in [-0.3, -0.25) is 4.90 Å². The van der Waals surface area contributed by atoms with Crippen molar-refractivity contribution in [3.63, 3.8) is 0 Å². The minimum atomic E-state index is -3.17. The van der Waals surface area contributed by atoms with Crippen LogP contribution in [0.4, 0.5) is 0 Å². The van der Waals surface area contributed by atoms with Crippen LogP contribution in [0.15, 0.2) is 0 Å². The Morgan fingerprint density at radius 1 is 1.19 bits per heavy atom. The maximum atomic E-state index is 11.8. The predicted molar refractivity (Wildman–Crippen MR) is 84.6 cm³/mol. The summed E-state index contributed by atoms with van der Waals surface area (Å²) in [4.78, 5) is 2.39. The third-order valence-corrected chi connectivity index (χ3v) is 6.72. The summed E-state index contributed by atoms with van der Waals surface area (Å²) in [6.07, 6.45) is 6.27. The molecule has 2 aliphatic rings. The third-order valence-electron chi connectivity index (χ3n) is 4.91. The zero-order valence-electron chi connectivity index (χ0n) is 13.3. The summed E-state index contributed by atoms with van der Waals surface area (Å²) in [6, 6.07) is 0.281. The predicted octanol–water partition coefficient (Wildman–Crippen LogP) is 1.33. The van der Waals surface area contributed by atoms with Crippen LogP contribution in [-0.4, -0.2) is 55.5 Å². The highest BCUT2D eigenvalue weighted by atomic mass is 32.2. The Kier molecular flexibility index (Phi) is 6.05. The van der Waals surface area contributed by atoms with Crippen LogP contribution in [-0.2, 0) is 10.0 Å². The molecule has 0 aromatic rings. The van der Waals surface area contributed by atoms with Crippen LogP contribution in [0.1, 0.15) is 52.4 Å². The van der Waals surface area contributed by atoms with Gasteiger partial charge in [-0.05, 0) is 52.0 Å². The molecule has 1 heterocycles. The first kappa shape index (κ1) is 17.2. The Balaban J connectivity index is 1.86. The van der Waals surface area contributed by atoms with Crippen molar-refractivity contribution in [2.45, 2.75) is 69.8 Å². The van der Waals surface area contributed by atoms with E-state index in [9.17, 15) is 13.5 Å². The summed E-state index contributed by atoms with van der Waals surface area (Å²) in [5.41, 5.74) is 0. The number of likely N-dealkylation sites (tertiary alicyclic amines) is 1. The van der Waals surface area contributed by atoms with Gasteiger partial charge in [0, 0.05) is 19.1 Å². The number of piperidine rings is 1. The fourth-order valence-electron chi connectivity index (χ4n) is 3.48. The van der Waals surface area contributed by atoms with Crippen molar-refractivity contribution in [1.29, 1.82) is 0 Å². The van der Waals surface area contributed by atoms with Crippen LogP contribution >= 0.6 is 0 Å². The van der Waals surface area contributed by atoms with Crippen LogP contribution in [0.3, 0.4) is 0 Å². The van der Waals surface area contributed by atoms with Crippen molar-refractivity contribution in [1.82, 2.24) is 9.62 Å². The molecule has 1 saturated carbocycles. The number of rotatable bonds is 5. The van der Waals surface area contributed by atoms with E-state index < -0.39 is 10.0 Å². The van der Waals surface area contributed by atoms with Crippen molar-refractivity contribution < 1.29 is 13.5 Å². The van der Waals surface area contributed by atoms with E-state index in [1.165, 1.54) is 6.42 Å². The zero-order valence-corrected chi connectivity index (χ0v) is 14.1. The number of nitrogens with zero attached hydrogens (tertiary/aromatic N) is 1. The molecule has 2 N–H and O–H groups in total. The highest BCUT2D eigenvalue weighted by molar-refractivity contribution is 7.90. The molecule has 2 rings (SSSR count). The minimum Gasteiger partial charge on any atom is -0.391 e. The molecule has 0 aromatic carbocycles. The summed E-state index contributed by atoms with van der Waals surface area (Å²) in [6.45, 7) is 5.87. The van der Waals surface area contributed by atoms with Crippen molar-refractivity contribution in [2.75, 3.05) is 19.6 Å². The maximum Gasteiger partial charge on any atom is 0.213 e. The molecule has 0 radical (unpaired) electrons. The lowest BCUT2D eigenvalue weighted by Gasteiger charge is -2.42. The number of nitrogens with one attached hydrogen (secondary N) is 1. The molecule has 3 atom stereocenters. The van der Waals surface area contributed by atoms with Gasteiger partial charge in [0.2, 0.25) is 10.0 Å². The Morgan fingerprint density at radius 3 is 2.57 bits per heavy atom. The molecule has 124 valence electrons. The summed E-state index contributed by atoms with van der Waals surface area (Å²) >= 11 is 0. The molecule has 21 heavy (non-hydrogen) atoms. The molecule has 1 saturated heterocycles. The number of sulfonamides is 1. The molecule has 1 aliphatic heterocycles. The fraction of sp³-hybridized carbons (Fsp3) is 1.00. The van der Waals surface area contributed by atoms with Gasteiger partial charge in [0.1, 0.15) is 0 Å².